The first-order valence-corrected chi connectivity index (χ1v) is 5.93. The lowest BCUT2D eigenvalue weighted by molar-refractivity contribution is 0.0547. The molecule has 0 aromatic carbocycles. The van der Waals surface area contributed by atoms with Crippen LogP contribution in [0.4, 0.5) is 0 Å². The summed E-state index contributed by atoms with van der Waals surface area (Å²) in [5.41, 5.74) is 0. The average molecular weight is 226 g/mol. The second kappa shape index (κ2) is 4.77. The van der Waals surface area contributed by atoms with Gasteiger partial charge in [0.25, 0.3) is 0 Å². The molecular formula is C11H14O3S. The molecule has 2 heterocycles. The third-order valence-electron chi connectivity index (χ3n) is 2.65. The quantitative estimate of drug-likeness (QED) is 0.742. The van der Waals surface area contributed by atoms with Crippen LogP contribution in [-0.2, 0) is 4.74 Å². The zero-order valence-corrected chi connectivity index (χ0v) is 9.51. The fourth-order valence-electron chi connectivity index (χ4n) is 1.72. The van der Waals surface area contributed by atoms with E-state index in [9.17, 15) is 4.79 Å². The molecule has 15 heavy (non-hydrogen) atoms. The molecule has 0 atom stereocenters. The molecule has 82 valence electrons. The number of methoxy groups -OCH3 is 1. The molecule has 2 rings (SSSR count). The van der Waals surface area contributed by atoms with E-state index in [1.807, 2.05) is 11.4 Å². The van der Waals surface area contributed by atoms with E-state index in [0.717, 1.165) is 23.5 Å². The number of thiophene rings is 1. The first kappa shape index (κ1) is 10.6. The maximum absolute atomic E-state index is 12.0. The first-order valence-electron chi connectivity index (χ1n) is 5.05. The molecule has 0 N–H and O–H groups in total. The summed E-state index contributed by atoms with van der Waals surface area (Å²) in [5.74, 6) is 1.16. The van der Waals surface area contributed by atoms with Crippen LogP contribution in [0.15, 0.2) is 11.4 Å². The summed E-state index contributed by atoms with van der Waals surface area (Å²) in [4.78, 5) is 12.8. The maximum Gasteiger partial charge on any atom is 0.176 e. The summed E-state index contributed by atoms with van der Waals surface area (Å²) in [7, 11) is 1.62. The standard InChI is InChI=1S/C11H14O3S/c1-13-9-6-10(15-7-9)11(12)8-2-4-14-5-3-8/h6-8H,2-5H2,1H3. The number of ether oxygens (including phenoxy) is 2. The van der Waals surface area contributed by atoms with Crippen LogP contribution < -0.4 is 4.74 Å². The van der Waals surface area contributed by atoms with Gasteiger partial charge in [-0.15, -0.1) is 11.3 Å². The minimum Gasteiger partial charge on any atom is -0.496 e. The summed E-state index contributed by atoms with van der Waals surface area (Å²) in [6.45, 7) is 1.41. The minimum atomic E-state index is 0.141. The molecular weight excluding hydrogens is 212 g/mol. The highest BCUT2D eigenvalue weighted by molar-refractivity contribution is 7.12. The molecule has 0 unspecified atom stereocenters. The molecule has 0 radical (unpaired) electrons. The predicted molar refractivity (Wildman–Crippen MR) is 58.7 cm³/mol. The summed E-state index contributed by atoms with van der Waals surface area (Å²) in [6, 6.07) is 1.82. The molecule has 1 saturated heterocycles. The van der Waals surface area contributed by atoms with Crippen molar-refractivity contribution in [3.8, 4) is 5.75 Å². The van der Waals surface area contributed by atoms with Gasteiger partial charge in [-0.3, -0.25) is 4.79 Å². The zero-order valence-electron chi connectivity index (χ0n) is 8.69. The van der Waals surface area contributed by atoms with E-state index >= 15 is 0 Å². The molecule has 0 spiro atoms. The van der Waals surface area contributed by atoms with Crippen LogP contribution >= 0.6 is 11.3 Å². The van der Waals surface area contributed by atoms with Gasteiger partial charge in [0, 0.05) is 30.6 Å². The van der Waals surface area contributed by atoms with E-state index in [2.05, 4.69) is 0 Å². The molecule has 1 aromatic heterocycles. The van der Waals surface area contributed by atoms with E-state index in [0.29, 0.717) is 13.2 Å². The number of rotatable bonds is 3. The molecule has 1 aliphatic heterocycles. The number of Topliss-reactive ketones (excluding diaryl/α,β-unsaturated/α-hetero) is 1. The molecule has 0 aliphatic carbocycles. The van der Waals surface area contributed by atoms with E-state index in [1.165, 1.54) is 11.3 Å². The molecule has 1 aromatic rings. The lowest BCUT2D eigenvalue weighted by atomic mass is 9.94. The van der Waals surface area contributed by atoms with Gasteiger partial charge in [0.2, 0.25) is 0 Å². The van der Waals surface area contributed by atoms with Crippen LogP contribution in [0.3, 0.4) is 0 Å². The van der Waals surface area contributed by atoms with Crippen LogP contribution in [0.25, 0.3) is 0 Å². The Kier molecular flexibility index (Phi) is 3.38. The topological polar surface area (TPSA) is 35.5 Å². The van der Waals surface area contributed by atoms with Gasteiger partial charge in [-0.2, -0.15) is 0 Å². The van der Waals surface area contributed by atoms with E-state index in [1.54, 1.807) is 7.11 Å². The van der Waals surface area contributed by atoms with Gasteiger partial charge >= 0.3 is 0 Å². The van der Waals surface area contributed by atoms with Crippen molar-refractivity contribution in [3.05, 3.63) is 16.3 Å². The molecule has 1 aliphatic rings. The Hall–Kier alpha value is -0.870. The van der Waals surface area contributed by atoms with Crippen molar-refractivity contribution in [2.24, 2.45) is 5.92 Å². The first-order chi connectivity index (χ1) is 7.31. The van der Waals surface area contributed by atoms with E-state index in [4.69, 9.17) is 9.47 Å². The van der Waals surface area contributed by atoms with Crippen LogP contribution in [0.2, 0.25) is 0 Å². The molecule has 0 saturated carbocycles. The van der Waals surface area contributed by atoms with Gasteiger partial charge < -0.3 is 9.47 Å². The molecule has 3 nitrogen and oxygen atoms in total. The Balaban J connectivity index is 2.05. The van der Waals surface area contributed by atoms with Gasteiger partial charge in [0.1, 0.15) is 5.75 Å². The lowest BCUT2D eigenvalue weighted by Crippen LogP contribution is -2.22. The van der Waals surface area contributed by atoms with Crippen molar-refractivity contribution in [2.75, 3.05) is 20.3 Å². The molecule has 4 heteroatoms. The third-order valence-corrected chi connectivity index (χ3v) is 3.57. The molecule has 1 fully saturated rings. The van der Waals surface area contributed by atoms with Crippen LogP contribution in [-0.4, -0.2) is 26.1 Å². The number of hydrogen-bond donors (Lipinski definition) is 0. The van der Waals surface area contributed by atoms with Crippen molar-refractivity contribution >= 4 is 17.1 Å². The Bertz CT molecular complexity index is 339. The van der Waals surface area contributed by atoms with Crippen molar-refractivity contribution in [2.45, 2.75) is 12.8 Å². The molecule has 0 amide bonds. The van der Waals surface area contributed by atoms with Crippen molar-refractivity contribution < 1.29 is 14.3 Å². The minimum absolute atomic E-state index is 0.141. The number of carbonyl (C=O) groups excluding carboxylic acids is 1. The second-order valence-electron chi connectivity index (χ2n) is 3.60. The summed E-state index contributed by atoms with van der Waals surface area (Å²) in [6.07, 6.45) is 1.69. The lowest BCUT2D eigenvalue weighted by Gasteiger charge is -2.19. The monoisotopic (exact) mass is 226 g/mol. The largest absolute Gasteiger partial charge is 0.496 e. The normalized spacial score (nSPS) is 17.7. The number of ketones is 1. The van der Waals surface area contributed by atoms with Crippen molar-refractivity contribution in [3.63, 3.8) is 0 Å². The van der Waals surface area contributed by atoms with Crippen LogP contribution in [0.5, 0.6) is 5.75 Å². The Labute approximate surface area is 93.0 Å². The molecule has 0 bridgehead atoms. The maximum atomic E-state index is 12.0. The zero-order chi connectivity index (χ0) is 10.7. The Morgan fingerprint density at radius 2 is 2.27 bits per heavy atom. The van der Waals surface area contributed by atoms with Gasteiger partial charge in [-0.1, -0.05) is 0 Å². The second-order valence-corrected chi connectivity index (χ2v) is 4.51. The highest BCUT2D eigenvalue weighted by Crippen LogP contribution is 2.27. The highest BCUT2D eigenvalue weighted by Gasteiger charge is 2.23. The summed E-state index contributed by atoms with van der Waals surface area (Å²) >= 11 is 1.46. The van der Waals surface area contributed by atoms with Gasteiger partial charge in [0.05, 0.1) is 12.0 Å². The Morgan fingerprint density at radius 3 is 2.87 bits per heavy atom. The van der Waals surface area contributed by atoms with Crippen LogP contribution in [0, 0.1) is 5.92 Å². The smallest absolute Gasteiger partial charge is 0.176 e. The summed E-state index contributed by atoms with van der Waals surface area (Å²) < 4.78 is 10.3. The number of carbonyl (C=O) groups is 1. The van der Waals surface area contributed by atoms with Crippen molar-refractivity contribution in [1.82, 2.24) is 0 Å². The number of hydrogen-bond acceptors (Lipinski definition) is 4. The average Bonchev–Trinajstić information content (AvgIpc) is 2.78. The highest BCUT2D eigenvalue weighted by atomic mass is 32.1. The van der Waals surface area contributed by atoms with Gasteiger partial charge in [0.15, 0.2) is 5.78 Å². The van der Waals surface area contributed by atoms with Gasteiger partial charge in [-0.25, -0.2) is 0 Å². The fraction of sp³-hybridized carbons (Fsp3) is 0.545. The Morgan fingerprint density at radius 1 is 1.53 bits per heavy atom. The SMILES string of the molecule is COc1csc(C(=O)C2CCOCC2)c1. The van der Waals surface area contributed by atoms with Gasteiger partial charge in [-0.05, 0) is 12.8 Å². The van der Waals surface area contributed by atoms with Crippen LogP contribution in [0.1, 0.15) is 22.5 Å². The summed E-state index contributed by atoms with van der Waals surface area (Å²) in [5, 5.41) is 1.87. The van der Waals surface area contributed by atoms with Crippen molar-refractivity contribution in [1.29, 1.82) is 0 Å². The van der Waals surface area contributed by atoms with E-state index in [-0.39, 0.29) is 11.7 Å². The fourth-order valence-corrected chi connectivity index (χ4v) is 2.59. The third kappa shape index (κ3) is 2.38. The van der Waals surface area contributed by atoms with E-state index < -0.39 is 0 Å². The predicted octanol–water partition coefficient (Wildman–Crippen LogP) is 2.37.